The highest BCUT2D eigenvalue weighted by molar-refractivity contribution is 5.93. The Hall–Kier alpha value is -2.04. The molecule has 0 aliphatic heterocycles. The molecule has 5 heteroatoms. The minimum Gasteiger partial charge on any atom is -0.463 e. The molecule has 0 atom stereocenters. The molecule has 2 aromatic heterocycles. The molecule has 88 valence electrons. The quantitative estimate of drug-likeness (QED) is 0.872. The van der Waals surface area contributed by atoms with E-state index in [0.717, 1.165) is 18.5 Å². The molecule has 1 amide bonds. The molecule has 2 aromatic rings. The third kappa shape index (κ3) is 1.95. The monoisotopic (exact) mass is 231 g/mol. The Kier molecular flexibility index (Phi) is 2.24. The Bertz CT molecular complexity index is 538. The molecule has 1 saturated carbocycles. The van der Waals surface area contributed by atoms with Gasteiger partial charge in [0.1, 0.15) is 5.69 Å². The fourth-order valence-electron chi connectivity index (χ4n) is 1.72. The number of furan rings is 1. The highest BCUT2D eigenvalue weighted by Gasteiger charge is 2.25. The molecular formula is C12H13N3O2. The molecule has 3 rings (SSSR count). The van der Waals surface area contributed by atoms with Gasteiger partial charge in [-0.25, -0.2) is 0 Å². The Morgan fingerprint density at radius 2 is 2.41 bits per heavy atom. The summed E-state index contributed by atoms with van der Waals surface area (Å²) in [7, 11) is 1.80. The molecule has 5 nitrogen and oxygen atoms in total. The van der Waals surface area contributed by atoms with Crippen LogP contribution in [-0.2, 0) is 7.05 Å². The van der Waals surface area contributed by atoms with E-state index in [0.29, 0.717) is 17.5 Å². The average Bonchev–Trinajstić information content (AvgIpc) is 2.81. The van der Waals surface area contributed by atoms with Gasteiger partial charge in [-0.2, -0.15) is 5.10 Å². The van der Waals surface area contributed by atoms with Gasteiger partial charge in [0.15, 0.2) is 11.5 Å². The van der Waals surface area contributed by atoms with E-state index in [-0.39, 0.29) is 5.91 Å². The number of hydrogen-bond acceptors (Lipinski definition) is 3. The van der Waals surface area contributed by atoms with Crippen LogP contribution in [0.25, 0.3) is 11.5 Å². The number of rotatable bonds is 3. The molecule has 1 aliphatic carbocycles. The molecule has 0 aromatic carbocycles. The Balaban J connectivity index is 1.87. The van der Waals surface area contributed by atoms with Crippen molar-refractivity contribution in [1.29, 1.82) is 0 Å². The van der Waals surface area contributed by atoms with Gasteiger partial charge in [0, 0.05) is 19.2 Å². The number of carbonyl (C=O) groups is 1. The normalized spacial score (nSPS) is 14.9. The summed E-state index contributed by atoms with van der Waals surface area (Å²) in [5, 5.41) is 7.10. The number of carbonyl (C=O) groups excluding carboxylic acids is 1. The first-order valence-corrected chi connectivity index (χ1v) is 5.63. The van der Waals surface area contributed by atoms with Crippen LogP contribution in [-0.4, -0.2) is 21.7 Å². The minimum atomic E-state index is -0.110. The van der Waals surface area contributed by atoms with E-state index in [4.69, 9.17) is 4.42 Å². The van der Waals surface area contributed by atoms with Gasteiger partial charge < -0.3 is 9.73 Å². The van der Waals surface area contributed by atoms with Crippen molar-refractivity contribution in [3.05, 3.63) is 30.2 Å². The van der Waals surface area contributed by atoms with Crippen LogP contribution in [0.15, 0.2) is 28.9 Å². The third-order valence-electron chi connectivity index (χ3n) is 2.80. The van der Waals surface area contributed by atoms with Crippen molar-refractivity contribution in [3.8, 4) is 11.5 Å². The second-order valence-corrected chi connectivity index (χ2v) is 4.26. The number of hydrogen-bond donors (Lipinski definition) is 1. The summed E-state index contributed by atoms with van der Waals surface area (Å²) in [4.78, 5) is 11.8. The van der Waals surface area contributed by atoms with Crippen molar-refractivity contribution in [2.24, 2.45) is 7.05 Å². The molecule has 17 heavy (non-hydrogen) atoms. The van der Waals surface area contributed by atoms with Crippen molar-refractivity contribution in [2.75, 3.05) is 0 Å². The predicted molar refractivity (Wildman–Crippen MR) is 61.4 cm³/mol. The smallest absolute Gasteiger partial charge is 0.272 e. The molecule has 0 unspecified atom stereocenters. The lowest BCUT2D eigenvalue weighted by molar-refractivity contribution is 0.0945. The number of amides is 1. The standard InChI is InChI=1S/C12H13N3O2/c1-15-10(11-3-2-6-17-11)7-9(14-15)12(16)13-8-4-5-8/h2-3,6-8H,4-5H2,1H3,(H,13,16). The van der Waals surface area contributed by atoms with Crippen LogP contribution in [0.4, 0.5) is 0 Å². The molecule has 1 aliphatic rings. The second-order valence-electron chi connectivity index (χ2n) is 4.26. The lowest BCUT2D eigenvalue weighted by Crippen LogP contribution is -2.25. The van der Waals surface area contributed by atoms with Crippen molar-refractivity contribution in [1.82, 2.24) is 15.1 Å². The van der Waals surface area contributed by atoms with Crippen molar-refractivity contribution >= 4 is 5.91 Å². The molecule has 0 bridgehead atoms. The molecule has 1 N–H and O–H groups in total. The van der Waals surface area contributed by atoms with Gasteiger partial charge in [-0.05, 0) is 25.0 Å². The number of aryl methyl sites for hydroxylation is 1. The summed E-state index contributed by atoms with van der Waals surface area (Å²) in [6, 6.07) is 5.75. The van der Waals surface area contributed by atoms with Gasteiger partial charge in [-0.3, -0.25) is 9.48 Å². The van der Waals surface area contributed by atoms with Crippen LogP contribution in [0.2, 0.25) is 0 Å². The maximum absolute atomic E-state index is 11.8. The second kappa shape index (κ2) is 3.76. The third-order valence-corrected chi connectivity index (χ3v) is 2.80. The van der Waals surface area contributed by atoms with Gasteiger partial charge >= 0.3 is 0 Å². The maximum Gasteiger partial charge on any atom is 0.272 e. The first-order valence-electron chi connectivity index (χ1n) is 5.63. The Morgan fingerprint density at radius 3 is 3.06 bits per heavy atom. The van der Waals surface area contributed by atoms with E-state index in [1.807, 2.05) is 12.1 Å². The van der Waals surface area contributed by atoms with Crippen LogP contribution in [0, 0.1) is 0 Å². The zero-order valence-electron chi connectivity index (χ0n) is 9.51. The van der Waals surface area contributed by atoms with Crippen LogP contribution >= 0.6 is 0 Å². The van der Waals surface area contributed by atoms with Crippen LogP contribution in [0.3, 0.4) is 0 Å². The molecular weight excluding hydrogens is 218 g/mol. The summed E-state index contributed by atoms with van der Waals surface area (Å²) in [6.07, 6.45) is 3.75. The van der Waals surface area contributed by atoms with Crippen molar-refractivity contribution in [3.63, 3.8) is 0 Å². The van der Waals surface area contributed by atoms with E-state index in [1.165, 1.54) is 0 Å². The van der Waals surface area contributed by atoms with E-state index in [1.54, 1.807) is 24.1 Å². The largest absolute Gasteiger partial charge is 0.463 e. The van der Waals surface area contributed by atoms with Gasteiger partial charge in [0.2, 0.25) is 0 Å². The number of nitrogens with zero attached hydrogens (tertiary/aromatic N) is 2. The van der Waals surface area contributed by atoms with Gasteiger partial charge in [0.05, 0.1) is 6.26 Å². The van der Waals surface area contributed by atoms with Gasteiger partial charge in [0.25, 0.3) is 5.91 Å². The predicted octanol–water partition coefficient (Wildman–Crippen LogP) is 1.57. The van der Waals surface area contributed by atoms with E-state index in [9.17, 15) is 4.79 Å². The zero-order chi connectivity index (χ0) is 11.8. The van der Waals surface area contributed by atoms with Crippen molar-refractivity contribution in [2.45, 2.75) is 18.9 Å². The number of aromatic nitrogens is 2. The first kappa shape index (κ1) is 10.1. The van der Waals surface area contributed by atoms with Crippen LogP contribution in [0.1, 0.15) is 23.3 Å². The average molecular weight is 231 g/mol. The molecule has 2 heterocycles. The van der Waals surface area contributed by atoms with E-state index in [2.05, 4.69) is 10.4 Å². The Labute approximate surface area is 98.4 Å². The highest BCUT2D eigenvalue weighted by atomic mass is 16.3. The van der Waals surface area contributed by atoms with E-state index < -0.39 is 0 Å². The molecule has 1 fully saturated rings. The van der Waals surface area contributed by atoms with Gasteiger partial charge in [-0.1, -0.05) is 0 Å². The topological polar surface area (TPSA) is 60.1 Å². The summed E-state index contributed by atoms with van der Waals surface area (Å²) in [6.45, 7) is 0. The SMILES string of the molecule is Cn1nc(C(=O)NC2CC2)cc1-c1ccco1. The molecule has 0 radical (unpaired) electrons. The summed E-state index contributed by atoms with van der Waals surface area (Å²) < 4.78 is 6.95. The van der Waals surface area contributed by atoms with Crippen LogP contribution < -0.4 is 5.32 Å². The zero-order valence-corrected chi connectivity index (χ0v) is 9.51. The minimum absolute atomic E-state index is 0.110. The maximum atomic E-state index is 11.8. The van der Waals surface area contributed by atoms with Gasteiger partial charge in [-0.15, -0.1) is 0 Å². The van der Waals surface area contributed by atoms with E-state index >= 15 is 0 Å². The first-order chi connectivity index (χ1) is 8.24. The summed E-state index contributed by atoms with van der Waals surface area (Å²) in [5.41, 5.74) is 1.24. The molecule has 0 spiro atoms. The summed E-state index contributed by atoms with van der Waals surface area (Å²) >= 11 is 0. The fraction of sp³-hybridized carbons (Fsp3) is 0.333. The van der Waals surface area contributed by atoms with Crippen LogP contribution in [0.5, 0.6) is 0 Å². The summed E-state index contributed by atoms with van der Waals surface area (Å²) in [5.74, 6) is 0.603. The highest BCUT2D eigenvalue weighted by Crippen LogP contribution is 2.22. The Morgan fingerprint density at radius 1 is 1.59 bits per heavy atom. The lowest BCUT2D eigenvalue weighted by atomic mass is 10.3. The fourth-order valence-corrected chi connectivity index (χ4v) is 1.72. The lowest BCUT2D eigenvalue weighted by Gasteiger charge is -1.97. The number of nitrogens with one attached hydrogen (secondary N) is 1. The van der Waals surface area contributed by atoms with Crippen molar-refractivity contribution < 1.29 is 9.21 Å². The molecule has 0 saturated heterocycles.